The van der Waals surface area contributed by atoms with E-state index in [1.165, 1.54) is 23.1 Å². The summed E-state index contributed by atoms with van der Waals surface area (Å²) >= 11 is 10.9. The van der Waals surface area contributed by atoms with Crippen molar-refractivity contribution in [2.24, 2.45) is 23.7 Å². The molecule has 6 unspecified atom stereocenters. The standard InChI is InChI=1S/C34H24Br3N3O7/c1-15-9-18(35)11-21-22(34(44)47-14-26(41)17-3-2-4-20(10-17)40(45)46)13-25(38-31(15)21)16-5-7-19(8-6-16)39-32(42)27-23-12-24(28(27)33(39)43)30(37)29(23)36/h2-11,13,23-24,27-30H,12,14H2,1H3. The first-order valence-electron chi connectivity index (χ1n) is 14.8. The minimum Gasteiger partial charge on any atom is -0.454 e. The summed E-state index contributed by atoms with van der Waals surface area (Å²) < 4.78 is 6.14. The number of benzene rings is 3. The van der Waals surface area contributed by atoms with Crippen LogP contribution in [0.3, 0.4) is 0 Å². The van der Waals surface area contributed by atoms with Crippen molar-refractivity contribution < 1.29 is 28.8 Å². The quantitative estimate of drug-likeness (QED) is 0.0477. The van der Waals surface area contributed by atoms with E-state index in [1.807, 2.05) is 13.0 Å². The highest BCUT2D eigenvalue weighted by Gasteiger charge is 2.66. The number of aryl methyl sites for hydroxylation is 1. The lowest BCUT2D eigenvalue weighted by Gasteiger charge is -2.28. The Bertz CT molecular complexity index is 2000. The fourth-order valence-corrected chi connectivity index (χ4v) is 9.69. The summed E-state index contributed by atoms with van der Waals surface area (Å²) in [5, 5.41) is 11.6. The molecule has 0 N–H and O–H groups in total. The Balaban J connectivity index is 1.17. The van der Waals surface area contributed by atoms with Gasteiger partial charge >= 0.3 is 5.97 Å². The Kier molecular flexibility index (Phi) is 8.12. The third-order valence-electron chi connectivity index (χ3n) is 9.41. The van der Waals surface area contributed by atoms with Crippen molar-refractivity contribution in [1.82, 2.24) is 4.98 Å². The number of Topliss-reactive ketones (excluding diaryl/α,β-unsaturated/α-hetero) is 1. The lowest BCUT2D eigenvalue weighted by atomic mass is 9.81. The first kappa shape index (κ1) is 31.8. The molecular weight excluding hydrogens is 802 g/mol. The molecule has 7 rings (SSSR count). The van der Waals surface area contributed by atoms with Crippen LogP contribution in [0, 0.1) is 40.7 Å². The molecule has 3 fully saturated rings. The molecule has 1 aliphatic heterocycles. The molecular formula is C34H24Br3N3O7. The highest BCUT2D eigenvalue weighted by Crippen LogP contribution is 2.60. The van der Waals surface area contributed by atoms with Gasteiger partial charge in [0.05, 0.1) is 39.2 Å². The molecule has 1 aromatic heterocycles. The Morgan fingerprint density at radius 3 is 2.28 bits per heavy atom. The van der Waals surface area contributed by atoms with Gasteiger partial charge < -0.3 is 4.74 Å². The number of ketones is 1. The van der Waals surface area contributed by atoms with Crippen molar-refractivity contribution in [3.05, 3.63) is 98.0 Å². The van der Waals surface area contributed by atoms with E-state index in [1.54, 1.807) is 36.4 Å². The maximum absolute atomic E-state index is 13.5. The molecule has 2 aliphatic carbocycles. The Morgan fingerprint density at radius 2 is 1.64 bits per heavy atom. The van der Waals surface area contributed by atoms with Gasteiger partial charge in [0, 0.05) is 42.8 Å². The van der Waals surface area contributed by atoms with Gasteiger partial charge in [0.25, 0.3) is 5.69 Å². The number of esters is 1. The molecule has 3 aromatic carbocycles. The number of alkyl halides is 2. The molecule has 13 heteroatoms. The van der Waals surface area contributed by atoms with E-state index in [-0.39, 0.29) is 62.0 Å². The zero-order chi connectivity index (χ0) is 33.3. The van der Waals surface area contributed by atoms with Gasteiger partial charge in [-0.15, -0.1) is 0 Å². The molecule has 238 valence electrons. The van der Waals surface area contributed by atoms with Gasteiger partial charge in [0.1, 0.15) is 0 Å². The number of pyridine rings is 1. The zero-order valence-electron chi connectivity index (χ0n) is 24.6. The second-order valence-corrected chi connectivity index (χ2v) is 15.1. The van der Waals surface area contributed by atoms with E-state index < -0.39 is 23.3 Å². The molecule has 2 bridgehead atoms. The normalized spacial score (nSPS) is 24.6. The Morgan fingerprint density at radius 1 is 0.979 bits per heavy atom. The van der Waals surface area contributed by atoms with Gasteiger partial charge in [-0.25, -0.2) is 9.78 Å². The molecule has 47 heavy (non-hydrogen) atoms. The van der Waals surface area contributed by atoms with E-state index in [2.05, 4.69) is 47.8 Å². The average molecular weight is 826 g/mol. The number of imide groups is 1. The van der Waals surface area contributed by atoms with Crippen LogP contribution in [0.5, 0.6) is 0 Å². The van der Waals surface area contributed by atoms with Crippen LogP contribution in [-0.4, -0.2) is 49.7 Å². The number of nitro benzene ring substituents is 1. The van der Waals surface area contributed by atoms with Crippen LogP contribution in [0.1, 0.15) is 32.7 Å². The predicted octanol–water partition coefficient (Wildman–Crippen LogP) is 7.20. The van der Waals surface area contributed by atoms with Crippen LogP contribution >= 0.6 is 47.8 Å². The van der Waals surface area contributed by atoms with Crippen molar-refractivity contribution in [3.63, 3.8) is 0 Å². The average Bonchev–Trinajstić information content (AvgIpc) is 3.67. The van der Waals surface area contributed by atoms with Gasteiger partial charge in [-0.1, -0.05) is 72.1 Å². The third-order valence-corrected chi connectivity index (χ3v) is 13.1. The number of anilines is 1. The maximum Gasteiger partial charge on any atom is 0.339 e. The summed E-state index contributed by atoms with van der Waals surface area (Å²) in [6, 6.07) is 17.3. The highest BCUT2D eigenvalue weighted by atomic mass is 79.9. The summed E-state index contributed by atoms with van der Waals surface area (Å²) in [5.41, 5.74) is 2.89. The Labute approximate surface area is 293 Å². The van der Waals surface area contributed by atoms with Gasteiger partial charge in [0.15, 0.2) is 6.61 Å². The molecule has 4 aromatic rings. The number of carbonyl (C=O) groups excluding carboxylic acids is 4. The van der Waals surface area contributed by atoms with Gasteiger partial charge in [0.2, 0.25) is 17.6 Å². The summed E-state index contributed by atoms with van der Waals surface area (Å²) in [6.45, 7) is 1.24. The molecule has 2 amide bonds. The van der Waals surface area contributed by atoms with Crippen LogP contribution < -0.4 is 4.90 Å². The van der Waals surface area contributed by atoms with Crippen LogP contribution in [-0.2, 0) is 14.3 Å². The molecule has 2 saturated carbocycles. The van der Waals surface area contributed by atoms with Crippen LogP contribution in [0.25, 0.3) is 22.2 Å². The van der Waals surface area contributed by atoms with Crippen molar-refractivity contribution in [2.75, 3.05) is 11.5 Å². The van der Waals surface area contributed by atoms with Crippen molar-refractivity contribution >= 4 is 93.6 Å². The molecule has 6 atom stereocenters. The number of carbonyl (C=O) groups is 4. The number of non-ortho nitro benzene ring substituents is 1. The number of nitro groups is 1. The second kappa shape index (κ2) is 12.0. The van der Waals surface area contributed by atoms with E-state index in [0.717, 1.165) is 22.5 Å². The second-order valence-electron chi connectivity index (χ2n) is 12.0. The smallest absolute Gasteiger partial charge is 0.339 e. The number of halogens is 3. The first-order chi connectivity index (χ1) is 22.4. The predicted molar refractivity (Wildman–Crippen MR) is 184 cm³/mol. The lowest BCUT2D eigenvalue weighted by Crippen LogP contribution is -2.37. The van der Waals surface area contributed by atoms with Crippen LogP contribution in [0.4, 0.5) is 11.4 Å². The fraction of sp³-hybridized carbons (Fsp3) is 0.265. The summed E-state index contributed by atoms with van der Waals surface area (Å²) in [7, 11) is 0. The number of hydrogen-bond donors (Lipinski definition) is 0. The first-order valence-corrected chi connectivity index (χ1v) is 17.4. The molecule has 0 radical (unpaired) electrons. The van der Waals surface area contributed by atoms with E-state index in [0.29, 0.717) is 27.8 Å². The van der Waals surface area contributed by atoms with Gasteiger partial charge in [-0.2, -0.15) is 0 Å². The number of aromatic nitrogens is 1. The molecule has 10 nitrogen and oxygen atoms in total. The summed E-state index contributed by atoms with van der Waals surface area (Å²) in [6.07, 6.45) is 0.850. The van der Waals surface area contributed by atoms with Gasteiger partial charge in [-0.3, -0.25) is 29.4 Å². The third kappa shape index (κ3) is 5.32. The number of ether oxygens (including phenoxy) is 1. The summed E-state index contributed by atoms with van der Waals surface area (Å²) in [4.78, 5) is 70.2. The highest BCUT2D eigenvalue weighted by molar-refractivity contribution is 9.12. The minimum atomic E-state index is -0.767. The lowest BCUT2D eigenvalue weighted by molar-refractivity contribution is -0.384. The fourth-order valence-electron chi connectivity index (χ4n) is 7.24. The molecule has 0 spiro atoms. The zero-order valence-corrected chi connectivity index (χ0v) is 29.3. The molecule has 2 heterocycles. The largest absolute Gasteiger partial charge is 0.454 e. The van der Waals surface area contributed by atoms with Gasteiger partial charge in [-0.05, 0) is 61.1 Å². The van der Waals surface area contributed by atoms with E-state index in [9.17, 15) is 29.3 Å². The Hall–Kier alpha value is -3.81. The van der Waals surface area contributed by atoms with Crippen LogP contribution in [0.15, 0.2) is 71.2 Å². The van der Waals surface area contributed by atoms with Crippen molar-refractivity contribution in [3.8, 4) is 11.3 Å². The number of nitrogens with zero attached hydrogens (tertiary/aromatic N) is 3. The topological polar surface area (TPSA) is 137 Å². The maximum atomic E-state index is 13.5. The molecule has 1 saturated heterocycles. The SMILES string of the molecule is Cc1cc(Br)cc2c(C(=O)OCC(=O)c3cccc([N+](=O)[O-])c3)cc(-c3ccc(N4C(=O)C5C6CC(C(Br)C6Br)C5C4=O)cc3)nc12. The number of fused-ring (bicyclic) bond motifs is 6. The monoisotopic (exact) mass is 823 g/mol. The number of rotatable bonds is 7. The summed E-state index contributed by atoms with van der Waals surface area (Å²) in [5.74, 6) is -2.12. The van der Waals surface area contributed by atoms with Crippen molar-refractivity contribution in [2.45, 2.75) is 23.0 Å². The van der Waals surface area contributed by atoms with E-state index >= 15 is 0 Å². The number of amides is 2. The van der Waals surface area contributed by atoms with Crippen LogP contribution in [0.2, 0.25) is 0 Å². The van der Waals surface area contributed by atoms with E-state index in [4.69, 9.17) is 9.72 Å². The number of hydrogen-bond acceptors (Lipinski definition) is 8. The van der Waals surface area contributed by atoms with Crippen molar-refractivity contribution in [1.29, 1.82) is 0 Å². The molecule has 3 aliphatic rings. The minimum absolute atomic E-state index is 0.0521.